The summed E-state index contributed by atoms with van der Waals surface area (Å²) in [4.78, 5) is 0. The van der Waals surface area contributed by atoms with Gasteiger partial charge in [-0.1, -0.05) is 15.9 Å². The lowest BCUT2D eigenvalue weighted by molar-refractivity contribution is 0.524. The molecule has 0 spiro atoms. The first-order valence-electron chi connectivity index (χ1n) is 5.25. The van der Waals surface area contributed by atoms with Gasteiger partial charge in [-0.2, -0.15) is 0 Å². The number of aromatic nitrogens is 1. The first-order chi connectivity index (χ1) is 7.27. The van der Waals surface area contributed by atoms with Crippen LogP contribution in [0.15, 0.2) is 22.7 Å². The maximum absolute atomic E-state index is 3.53. The van der Waals surface area contributed by atoms with Gasteiger partial charge in [0.2, 0.25) is 0 Å². The van der Waals surface area contributed by atoms with Gasteiger partial charge in [0.25, 0.3) is 0 Å². The molecule has 0 amide bonds. The first-order valence-corrected chi connectivity index (χ1v) is 6.04. The van der Waals surface area contributed by atoms with Crippen molar-refractivity contribution in [1.29, 1.82) is 0 Å². The second kappa shape index (κ2) is 3.35. The molecule has 1 aliphatic heterocycles. The summed E-state index contributed by atoms with van der Waals surface area (Å²) >= 11 is 3.53. The highest BCUT2D eigenvalue weighted by molar-refractivity contribution is 9.10. The Morgan fingerprint density at radius 1 is 1.40 bits per heavy atom. The van der Waals surface area contributed by atoms with E-state index in [1.807, 2.05) is 0 Å². The first kappa shape index (κ1) is 9.43. The lowest BCUT2D eigenvalue weighted by atomic mass is 10.1. The van der Waals surface area contributed by atoms with Crippen LogP contribution in [0.2, 0.25) is 0 Å². The van der Waals surface area contributed by atoms with Crippen molar-refractivity contribution in [3.8, 4) is 0 Å². The smallest absolute Gasteiger partial charge is 0.0486 e. The Kier molecular flexibility index (Phi) is 2.11. The fourth-order valence-corrected chi connectivity index (χ4v) is 2.79. The van der Waals surface area contributed by atoms with E-state index in [9.17, 15) is 0 Å². The van der Waals surface area contributed by atoms with Crippen molar-refractivity contribution in [2.24, 2.45) is 0 Å². The minimum Gasteiger partial charge on any atom is -0.342 e. The fourth-order valence-electron chi connectivity index (χ4n) is 2.43. The predicted octanol–water partition coefficient (Wildman–Crippen LogP) is 2.82. The molecule has 1 aliphatic rings. The van der Waals surface area contributed by atoms with Gasteiger partial charge in [0.1, 0.15) is 0 Å². The highest BCUT2D eigenvalue weighted by Crippen LogP contribution is 2.29. The topological polar surface area (TPSA) is 17.0 Å². The minimum absolute atomic E-state index is 0.998. The third-order valence-corrected chi connectivity index (χ3v) is 3.71. The van der Waals surface area contributed by atoms with E-state index >= 15 is 0 Å². The van der Waals surface area contributed by atoms with Gasteiger partial charge in [-0.3, -0.25) is 0 Å². The Labute approximate surface area is 97.4 Å². The largest absolute Gasteiger partial charge is 0.342 e. The summed E-state index contributed by atoms with van der Waals surface area (Å²) in [6.07, 6.45) is 0. The van der Waals surface area contributed by atoms with Crippen LogP contribution in [0.1, 0.15) is 11.3 Å². The number of halogens is 1. The van der Waals surface area contributed by atoms with Gasteiger partial charge < -0.3 is 9.88 Å². The van der Waals surface area contributed by atoms with Crippen molar-refractivity contribution >= 4 is 26.8 Å². The Morgan fingerprint density at radius 3 is 3.13 bits per heavy atom. The number of aryl methyl sites for hydroxylation is 1. The van der Waals surface area contributed by atoms with Gasteiger partial charge in [0, 0.05) is 40.7 Å². The number of rotatable bonds is 0. The zero-order valence-corrected chi connectivity index (χ0v) is 10.3. The second-order valence-electron chi connectivity index (χ2n) is 4.06. The van der Waals surface area contributed by atoms with Crippen molar-refractivity contribution in [3.05, 3.63) is 33.9 Å². The lowest BCUT2D eigenvalue weighted by Gasteiger charge is -2.17. The summed E-state index contributed by atoms with van der Waals surface area (Å²) in [5, 5.41) is 4.80. The van der Waals surface area contributed by atoms with Gasteiger partial charge in [0.15, 0.2) is 0 Å². The van der Waals surface area contributed by atoms with E-state index in [-0.39, 0.29) is 0 Å². The summed E-state index contributed by atoms with van der Waals surface area (Å²) in [7, 11) is 0. The zero-order chi connectivity index (χ0) is 10.4. The number of benzene rings is 1. The van der Waals surface area contributed by atoms with Gasteiger partial charge in [-0.25, -0.2) is 0 Å². The molecule has 0 unspecified atom stereocenters. The number of fused-ring (bicyclic) bond motifs is 3. The van der Waals surface area contributed by atoms with Crippen LogP contribution in [0.5, 0.6) is 0 Å². The lowest BCUT2D eigenvalue weighted by Crippen LogP contribution is -2.27. The van der Waals surface area contributed by atoms with E-state index in [0.29, 0.717) is 0 Å². The van der Waals surface area contributed by atoms with Crippen molar-refractivity contribution in [2.45, 2.75) is 20.0 Å². The SMILES string of the molecule is Cc1c2n(c3ccc(Br)cc13)CCNC2. The molecule has 0 saturated heterocycles. The fraction of sp³-hybridized carbons (Fsp3) is 0.333. The standard InChI is InChI=1S/C12H13BrN2/c1-8-10-6-9(13)2-3-11(10)15-5-4-14-7-12(8)15/h2-3,6,14H,4-5,7H2,1H3. The van der Waals surface area contributed by atoms with Crippen LogP contribution in [0.4, 0.5) is 0 Å². The molecule has 78 valence electrons. The average Bonchev–Trinajstić information content (AvgIpc) is 2.54. The molecular formula is C12H13BrN2. The number of hydrogen-bond acceptors (Lipinski definition) is 1. The molecule has 3 heteroatoms. The molecule has 2 aromatic rings. The van der Waals surface area contributed by atoms with E-state index in [4.69, 9.17) is 0 Å². The molecule has 0 radical (unpaired) electrons. The molecule has 1 aromatic heterocycles. The van der Waals surface area contributed by atoms with E-state index in [1.54, 1.807) is 0 Å². The quantitative estimate of drug-likeness (QED) is 0.775. The van der Waals surface area contributed by atoms with Crippen LogP contribution in [0.25, 0.3) is 10.9 Å². The van der Waals surface area contributed by atoms with Crippen LogP contribution in [-0.4, -0.2) is 11.1 Å². The monoisotopic (exact) mass is 264 g/mol. The summed E-state index contributed by atoms with van der Waals surface area (Å²) in [6, 6.07) is 6.55. The summed E-state index contributed by atoms with van der Waals surface area (Å²) in [6.45, 7) is 5.37. The Morgan fingerprint density at radius 2 is 2.27 bits per heavy atom. The van der Waals surface area contributed by atoms with Gasteiger partial charge in [-0.15, -0.1) is 0 Å². The Bertz CT molecular complexity index is 528. The molecule has 1 aromatic carbocycles. The van der Waals surface area contributed by atoms with Crippen LogP contribution in [0, 0.1) is 6.92 Å². The third kappa shape index (κ3) is 1.34. The van der Waals surface area contributed by atoms with E-state index in [0.717, 1.165) is 24.1 Å². The molecule has 0 atom stereocenters. The normalized spacial score (nSPS) is 15.6. The van der Waals surface area contributed by atoms with Crippen molar-refractivity contribution in [1.82, 2.24) is 9.88 Å². The maximum atomic E-state index is 3.53. The highest BCUT2D eigenvalue weighted by Gasteiger charge is 2.16. The zero-order valence-electron chi connectivity index (χ0n) is 8.68. The molecule has 0 fully saturated rings. The van der Waals surface area contributed by atoms with Gasteiger partial charge in [-0.05, 0) is 30.7 Å². The second-order valence-corrected chi connectivity index (χ2v) is 4.98. The Balaban J connectivity index is 2.38. The van der Waals surface area contributed by atoms with Crippen LogP contribution < -0.4 is 5.32 Å². The van der Waals surface area contributed by atoms with E-state index in [1.165, 1.54) is 22.2 Å². The highest BCUT2D eigenvalue weighted by atomic mass is 79.9. The summed E-state index contributed by atoms with van der Waals surface area (Å²) < 4.78 is 3.60. The van der Waals surface area contributed by atoms with Crippen LogP contribution in [-0.2, 0) is 13.1 Å². The number of nitrogens with zero attached hydrogens (tertiary/aromatic N) is 1. The van der Waals surface area contributed by atoms with Gasteiger partial charge >= 0.3 is 0 Å². The third-order valence-electron chi connectivity index (χ3n) is 3.22. The van der Waals surface area contributed by atoms with Gasteiger partial charge in [0.05, 0.1) is 0 Å². The number of nitrogens with one attached hydrogen (secondary N) is 1. The average molecular weight is 265 g/mol. The Hall–Kier alpha value is -0.800. The van der Waals surface area contributed by atoms with Crippen molar-refractivity contribution in [2.75, 3.05) is 6.54 Å². The molecule has 15 heavy (non-hydrogen) atoms. The molecular weight excluding hydrogens is 252 g/mol. The molecule has 2 heterocycles. The number of hydrogen-bond donors (Lipinski definition) is 1. The molecule has 2 nitrogen and oxygen atoms in total. The van der Waals surface area contributed by atoms with Crippen molar-refractivity contribution in [3.63, 3.8) is 0 Å². The van der Waals surface area contributed by atoms with Crippen LogP contribution in [0.3, 0.4) is 0 Å². The van der Waals surface area contributed by atoms with Crippen LogP contribution >= 0.6 is 15.9 Å². The summed E-state index contributed by atoms with van der Waals surface area (Å²) in [5.41, 5.74) is 4.22. The molecule has 3 rings (SSSR count). The molecule has 0 saturated carbocycles. The van der Waals surface area contributed by atoms with E-state index in [2.05, 4.69) is 50.9 Å². The maximum Gasteiger partial charge on any atom is 0.0486 e. The minimum atomic E-state index is 0.998. The summed E-state index contributed by atoms with van der Waals surface area (Å²) in [5.74, 6) is 0. The van der Waals surface area contributed by atoms with E-state index < -0.39 is 0 Å². The van der Waals surface area contributed by atoms with Crippen molar-refractivity contribution < 1.29 is 0 Å². The molecule has 1 N–H and O–H groups in total. The predicted molar refractivity (Wildman–Crippen MR) is 66.1 cm³/mol. The molecule has 0 aliphatic carbocycles. The molecule has 0 bridgehead atoms.